The number of piperidine rings is 2. The highest BCUT2D eigenvalue weighted by Gasteiger charge is 2.26. The molecule has 2 aliphatic heterocycles. The van der Waals surface area contributed by atoms with Crippen molar-refractivity contribution in [1.29, 1.82) is 0 Å². The summed E-state index contributed by atoms with van der Waals surface area (Å²) in [5, 5.41) is 0. The van der Waals surface area contributed by atoms with Gasteiger partial charge in [0.05, 0.1) is 13.2 Å². The van der Waals surface area contributed by atoms with Crippen LogP contribution in [0.2, 0.25) is 0 Å². The monoisotopic (exact) mass is 534 g/mol. The minimum absolute atomic E-state index is 0.229. The molecule has 2 aromatic rings. The van der Waals surface area contributed by atoms with Gasteiger partial charge in [-0.25, -0.2) is 0 Å². The van der Waals surface area contributed by atoms with E-state index in [0.717, 1.165) is 63.5 Å². The van der Waals surface area contributed by atoms with Gasteiger partial charge in [-0.15, -0.1) is 0 Å². The fourth-order valence-electron chi connectivity index (χ4n) is 4.80. The molecule has 2 saturated heterocycles. The first-order valence-corrected chi connectivity index (χ1v) is 13.6. The van der Waals surface area contributed by atoms with Gasteiger partial charge >= 0.3 is 12.0 Å². The van der Waals surface area contributed by atoms with Crippen molar-refractivity contribution in [3.8, 4) is 12.0 Å². The van der Waals surface area contributed by atoms with Crippen LogP contribution in [0.25, 0.3) is 11.0 Å². The Balaban J connectivity index is 1.75. The lowest BCUT2D eigenvalue weighted by atomic mass is 10.1. The molecule has 0 N–H and O–H groups in total. The van der Waals surface area contributed by atoms with Crippen molar-refractivity contribution < 1.29 is 28.4 Å². The second-order valence-electron chi connectivity index (χ2n) is 9.70. The molecular formula is C26H42N6O6. The topological polar surface area (TPSA) is 113 Å². The molecule has 4 rings (SSSR count). The summed E-state index contributed by atoms with van der Waals surface area (Å²) in [7, 11) is 6.55. The smallest absolute Gasteiger partial charge is 0.319 e. The van der Waals surface area contributed by atoms with Crippen LogP contribution < -0.4 is 19.3 Å². The molecule has 0 amide bonds. The van der Waals surface area contributed by atoms with Crippen LogP contribution in [-0.4, -0.2) is 113 Å². The SMILES string of the molecule is COC[C@H](COc1nc(N2CCCCC2)c2nc(OC[C@@H](COC)OC)nc(N3CCCCC3)c2n1)OC. The lowest BCUT2D eigenvalue weighted by molar-refractivity contribution is -0.00112. The van der Waals surface area contributed by atoms with Gasteiger partial charge in [-0.05, 0) is 38.5 Å². The van der Waals surface area contributed by atoms with Gasteiger partial charge in [0.1, 0.15) is 36.5 Å². The normalized spacial score (nSPS) is 18.0. The molecule has 0 aliphatic carbocycles. The summed E-state index contributed by atoms with van der Waals surface area (Å²) in [5.74, 6) is 1.49. The molecule has 12 heteroatoms. The largest absolute Gasteiger partial charge is 0.461 e. The number of hydrogen-bond donors (Lipinski definition) is 0. The van der Waals surface area contributed by atoms with E-state index in [0.29, 0.717) is 24.2 Å². The van der Waals surface area contributed by atoms with Crippen molar-refractivity contribution in [2.75, 3.05) is 90.8 Å². The van der Waals surface area contributed by atoms with Gasteiger partial charge in [0.25, 0.3) is 0 Å². The fourth-order valence-corrected chi connectivity index (χ4v) is 4.80. The first kappa shape index (κ1) is 28.5. The molecule has 212 valence electrons. The molecule has 12 nitrogen and oxygen atoms in total. The van der Waals surface area contributed by atoms with Crippen LogP contribution in [0, 0.1) is 0 Å². The Kier molecular flexibility index (Phi) is 10.9. The van der Waals surface area contributed by atoms with E-state index in [1.165, 1.54) is 12.8 Å². The van der Waals surface area contributed by atoms with Crippen molar-refractivity contribution >= 4 is 22.7 Å². The molecule has 0 spiro atoms. The first-order chi connectivity index (χ1) is 18.7. The zero-order valence-electron chi connectivity index (χ0n) is 23.2. The van der Waals surface area contributed by atoms with Gasteiger partial charge in [-0.3, -0.25) is 0 Å². The minimum atomic E-state index is -0.229. The van der Waals surface area contributed by atoms with E-state index in [2.05, 4.69) is 9.80 Å². The molecule has 2 aliphatic rings. The third-order valence-corrected chi connectivity index (χ3v) is 6.95. The van der Waals surface area contributed by atoms with Crippen molar-refractivity contribution in [1.82, 2.24) is 19.9 Å². The molecule has 2 atom stereocenters. The second kappa shape index (κ2) is 14.6. The molecule has 2 fully saturated rings. The highest BCUT2D eigenvalue weighted by molar-refractivity contribution is 5.93. The standard InChI is InChI=1S/C26H42N6O6/c1-33-15-19(35-3)17-37-25-27-21-22(23(29-25)31-11-7-5-8-12-31)28-26(38-18-20(36-4)16-34-2)30-24(21)32-13-9-6-10-14-32/h19-20H,5-18H2,1-4H3/t19-,20-/m1/s1. The van der Waals surface area contributed by atoms with E-state index < -0.39 is 0 Å². The highest BCUT2D eigenvalue weighted by Crippen LogP contribution is 2.34. The van der Waals surface area contributed by atoms with Crippen molar-refractivity contribution in [3.63, 3.8) is 0 Å². The predicted octanol–water partition coefficient (Wildman–Crippen LogP) is 2.48. The molecule has 0 saturated carbocycles. The highest BCUT2D eigenvalue weighted by atomic mass is 16.6. The summed E-state index contributed by atoms with van der Waals surface area (Å²) in [6.07, 6.45) is 6.34. The fraction of sp³-hybridized carbons (Fsp3) is 0.769. The second-order valence-corrected chi connectivity index (χ2v) is 9.70. The number of fused-ring (bicyclic) bond motifs is 1. The van der Waals surface area contributed by atoms with E-state index >= 15 is 0 Å². The summed E-state index contributed by atoms with van der Waals surface area (Å²) < 4.78 is 33.5. The maximum Gasteiger partial charge on any atom is 0.319 e. The van der Waals surface area contributed by atoms with E-state index in [4.69, 9.17) is 48.4 Å². The summed E-state index contributed by atoms with van der Waals surface area (Å²) in [6.45, 7) is 4.96. The van der Waals surface area contributed by atoms with Gasteiger partial charge in [0.15, 0.2) is 11.6 Å². The summed E-state index contributed by atoms with van der Waals surface area (Å²) in [6, 6.07) is 0.567. The zero-order valence-corrected chi connectivity index (χ0v) is 23.2. The molecule has 0 unspecified atom stereocenters. The molecule has 4 heterocycles. The Labute approximate surface area is 224 Å². The number of methoxy groups -OCH3 is 4. The van der Waals surface area contributed by atoms with Crippen LogP contribution in [0.4, 0.5) is 11.6 Å². The first-order valence-electron chi connectivity index (χ1n) is 13.6. The lowest BCUT2D eigenvalue weighted by Gasteiger charge is -2.31. The van der Waals surface area contributed by atoms with Crippen LogP contribution >= 0.6 is 0 Å². The average molecular weight is 535 g/mol. The van der Waals surface area contributed by atoms with Crippen LogP contribution in [0.3, 0.4) is 0 Å². The Morgan fingerprint density at radius 1 is 0.553 bits per heavy atom. The van der Waals surface area contributed by atoms with Gasteiger partial charge < -0.3 is 38.2 Å². The third-order valence-electron chi connectivity index (χ3n) is 6.95. The third kappa shape index (κ3) is 7.31. The van der Waals surface area contributed by atoms with Crippen LogP contribution in [0.5, 0.6) is 12.0 Å². The molecule has 0 radical (unpaired) electrons. The summed E-state index contributed by atoms with van der Waals surface area (Å²) in [5.41, 5.74) is 1.34. The Bertz CT molecular complexity index is 923. The number of aromatic nitrogens is 4. The number of hydrogen-bond acceptors (Lipinski definition) is 12. The van der Waals surface area contributed by atoms with Crippen LogP contribution in [0.15, 0.2) is 0 Å². The molecule has 2 aromatic heterocycles. The summed E-state index contributed by atoms with van der Waals surface area (Å²) in [4.78, 5) is 23.9. The van der Waals surface area contributed by atoms with Gasteiger partial charge in [0, 0.05) is 54.6 Å². The number of anilines is 2. The minimum Gasteiger partial charge on any atom is -0.461 e. The lowest BCUT2D eigenvalue weighted by Crippen LogP contribution is -2.33. The van der Waals surface area contributed by atoms with Gasteiger partial charge in [0.2, 0.25) is 0 Å². The molecule has 38 heavy (non-hydrogen) atoms. The van der Waals surface area contributed by atoms with E-state index in [1.807, 2.05) is 0 Å². The molecule has 0 bridgehead atoms. The maximum absolute atomic E-state index is 6.05. The van der Waals surface area contributed by atoms with Crippen LogP contribution in [-0.2, 0) is 18.9 Å². The average Bonchev–Trinajstić information content (AvgIpc) is 2.97. The van der Waals surface area contributed by atoms with E-state index in [1.54, 1.807) is 28.4 Å². The van der Waals surface area contributed by atoms with E-state index in [9.17, 15) is 0 Å². The predicted molar refractivity (Wildman–Crippen MR) is 144 cm³/mol. The van der Waals surface area contributed by atoms with Crippen molar-refractivity contribution in [3.05, 3.63) is 0 Å². The van der Waals surface area contributed by atoms with Crippen molar-refractivity contribution in [2.45, 2.75) is 50.7 Å². The van der Waals surface area contributed by atoms with Crippen molar-refractivity contribution in [2.24, 2.45) is 0 Å². The zero-order chi connectivity index (χ0) is 26.7. The Morgan fingerprint density at radius 3 is 1.29 bits per heavy atom. The Morgan fingerprint density at radius 2 is 0.947 bits per heavy atom. The van der Waals surface area contributed by atoms with Crippen LogP contribution in [0.1, 0.15) is 38.5 Å². The van der Waals surface area contributed by atoms with E-state index in [-0.39, 0.29) is 37.4 Å². The quantitative estimate of drug-likeness (QED) is 0.355. The Hall–Kier alpha value is -2.54. The number of nitrogens with zero attached hydrogens (tertiary/aromatic N) is 6. The number of rotatable bonds is 14. The van der Waals surface area contributed by atoms with Gasteiger partial charge in [-0.2, -0.15) is 19.9 Å². The number of ether oxygens (including phenoxy) is 6. The maximum atomic E-state index is 6.05. The van der Waals surface area contributed by atoms with Gasteiger partial charge in [-0.1, -0.05) is 0 Å². The summed E-state index contributed by atoms with van der Waals surface area (Å²) >= 11 is 0. The molecular weight excluding hydrogens is 492 g/mol. The molecule has 0 aromatic carbocycles.